The first-order valence-corrected chi connectivity index (χ1v) is 7.45. The molecule has 6 heteroatoms. The van der Waals surface area contributed by atoms with Gasteiger partial charge in [0.1, 0.15) is 23.2 Å². The minimum Gasteiger partial charge on any atom is -0.464 e. The highest BCUT2D eigenvalue weighted by Gasteiger charge is 2.14. The van der Waals surface area contributed by atoms with E-state index in [0.717, 1.165) is 17.3 Å². The Hall–Kier alpha value is -1.52. The minimum atomic E-state index is -0.460. The molecule has 0 aliphatic carbocycles. The van der Waals surface area contributed by atoms with Crippen LogP contribution in [-0.2, 0) is 13.0 Å². The Balaban J connectivity index is 2.12. The van der Waals surface area contributed by atoms with Gasteiger partial charge < -0.3 is 8.98 Å². The number of hydrogen-bond donors (Lipinski definition) is 0. The minimum absolute atomic E-state index is 0.0680. The molecule has 0 fully saturated rings. The molecule has 0 saturated heterocycles. The zero-order valence-electron chi connectivity index (χ0n) is 11.4. The molecule has 110 valence electrons. The van der Waals surface area contributed by atoms with Crippen molar-refractivity contribution < 1.29 is 8.81 Å². The summed E-state index contributed by atoms with van der Waals surface area (Å²) in [6.45, 7) is 2.37. The first kappa shape index (κ1) is 14.4. The van der Waals surface area contributed by atoms with E-state index in [1.807, 2.05) is 23.6 Å². The molecule has 0 amide bonds. The van der Waals surface area contributed by atoms with Gasteiger partial charge in [-0.2, -0.15) is 0 Å². The summed E-state index contributed by atoms with van der Waals surface area (Å²) in [6.07, 6.45) is 0.592. The molecule has 0 N–H and O–H groups in total. The van der Waals surface area contributed by atoms with E-state index in [1.54, 1.807) is 0 Å². The van der Waals surface area contributed by atoms with Crippen molar-refractivity contribution in [3.63, 3.8) is 0 Å². The lowest BCUT2D eigenvalue weighted by molar-refractivity contribution is 0.469. The number of fused-ring (bicyclic) bond motifs is 1. The van der Waals surface area contributed by atoms with Crippen molar-refractivity contribution in [1.29, 1.82) is 0 Å². The number of aryl methyl sites for hydroxylation is 2. The third-order valence-corrected chi connectivity index (χ3v) is 3.78. The van der Waals surface area contributed by atoms with Gasteiger partial charge in [-0.3, -0.25) is 0 Å². The average molecular weight is 327 g/mol. The van der Waals surface area contributed by atoms with Gasteiger partial charge in [-0.1, -0.05) is 11.6 Å². The molecule has 0 atom stereocenters. The second-order valence-corrected chi connectivity index (χ2v) is 5.61. The summed E-state index contributed by atoms with van der Waals surface area (Å²) in [4.78, 5) is 4.49. The van der Waals surface area contributed by atoms with Gasteiger partial charge >= 0.3 is 0 Å². The number of furan rings is 1. The molecule has 3 rings (SSSR count). The van der Waals surface area contributed by atoms with E-state index in [9.17, 15) is 4.39 Å². The van der Waals surface area contributed by atoms with Crippen LogP contribution in [0, 0.1) is 12.7 Å². The van der Waals surface area contributed by atoms with Crippen LogP contribution in [0.5, 0.6) is 0 Å². The van der Waals surface area contributed by atoms with Crippen LogP contribution in [0.25, 0.3) is 11.0 Å². The fraction of sp³-hybridized carbons (Fsp3) is 0.267. The third-order valence-electron chi connectivity index (χ3n) is 3.30. The van der Waals surface area contributed by atoms with Crippen LogP contribution in [0.15, 0.2) is 28.7 Å². The number of aromatic nitrogens is 2. The maximum Gasteiger partial charge on any atom is 0.144 e. The normalized spacial score (nSPS) is 11.4. The van der Waals surface area contributed by atoms with Crippen LogP contribution in [0.4, 0.5) is 4.39 Å². The predicted molar refractivity (Wildman–Crippen MR) is 81.7 cm³/mol. The summed E-state index contributed by atoms with van der Waals surface area (Å²) in [5.41, 5.74) is 1.34. The monoisotopic (exact) mass is 326 g/mol. The van der Waals surface area contributed by atoms with Gasteiger partial charge in [-0.25, -0.2) is 9.37 Å². The molecular weight excluding hydrogens is 314 g/mol. The topological polar surface area (TPSA) is 31.0 Å². The van der Waals surface area contributed by atoms with Crippen LogP contribution in [0.1, 0.15) is 17.3 Å². The molecule has 0 spiro atoms. The summed E-state index contributed by atoms with van der Waals surface area (Å²) in [5.74, 6) is 2.39. The summed E-state index contributed by atoms with van der Waals surface area (Å²) < 4.78 is 21.2. The largest absolute Gasteiger partial charge is 0.464 e. The standard InChI is InChI=1S/C15H13Cl2FN2O/c1-9-2-3-10(21-9)8-20-14-7-12(18)11(17)6-13(14)19-15(20)4-5-16/h2-3,6-7H,4-5,8H2,1H3. The van der Waals surface area contributed by atoms with Crippen molar-refractivity contribution >= 4 is 34.2 Å². The first-order chi connectivity index (χ1) is 10.1. The van der Waals surface area contributed by atoms with Crippen LogP contribution >= 0.6 is 23.2 Å². The van der Waals surface area contributed by atoms with E-state index in [-0.39, 0.29) is 5.02 Å². The Kier molecular flexibility index (Phi) is 3.91. The lowest BCUT2D eigenvalue weighted by Crippen LogP contribution is -2.05. The maximum atomic E-state index is 13.7. The molecular formula is C15H13Cl2FN2O. The van der Waals surface area contributed by atoms with Crippen molar-refractivity contribution in [1.82, 2.24) is 9.55 Å². The van der Waals surface area contributed by atoms with E-state index < -0.39 is 5.82 Å². The molecule has 3 nitrogen and oxygen atoms in total. The van der Waals surface area contributed by atoms with Gasteiger partial charge in [0, 0.05) is 18.4 Å². The zero-order chi connectivity index (χ0) is 15.0. The molecule has 0 unspecified atom stereocenters. The predicted octanol–water partition coefficient (Wildman–Crippen LogP) is 4.56. The highest BCUT2D eigenvalue weighted by molar-refractivity contribution is 6.31. The van der Waals surface area contributed by atoms with Crippen LogP contribution in [-0.4, -0.2) is 15.4 Å². The van der Waals surface area contributed by atoms with Gasteiger partial charge in [0.25, 0.3) is 0 Å². The van der Waals surface area contributed by atoms with Gasteiger partial charge in [0.05, 0.1) is 22.6 Å². The molecule has 0 bridgehead atoms. The molecule has 21 heavy (non-hydrogen) atoms. The van der Waals surface area contributed by atoms with Crippen LogP contribution in [0.2, 0.25) is 5.02 Å². The molecule has 0 aliphatic heterocycles. The number of imidazole rings is 1. The quantitative estimate of drug-likeness (QED) is 0.658. The molecule has 2 aromatic heterocycles. The number of hydrogen-bond acceptors (Lipinski definition) is 2. The molecule has 0 saturated carbocycles. The summed E-state index contributed by atoms with van der Waals surface area (Å²) in [5, 5.41) is 0.0680. The molecule has 1 aromatic carbocycles. The Morgan fingerprint density at radius 1 is 1.33 bits per heavy atom. The second kappa shape index (κ2) is 5.70. The van der Waals surface area contributed by atoms with Crippen molar-refractivity contribution in [3.05, 3.63) is 52.5 Å². The number of alkyl halides is 1. The smallest absolute Gasteiger partial charge is 0.144 e. The zero-order valence-corrected chi connectivity index (χ0v) is 12.9. The summed E-state index contributed by atoms with van der Waals surface area (Å²) in [6, 6.07) is 6.73. The van der Waals surface area contributed by atoms with Crippen molar-refractivity contribution in [2.24, 2.45) is 0 Å². The summed E-state index contributed by atoms with van der Waals surface area (Å²) >= 11 is 11.6. The molecule has 2 heterocycles. The maximum absolute atomic E-state index is 13.7. The fourth-order valence-electron chi connectivity index (χ4n) is 2.35. The molecule has 3 aromatic rings. The van der Waals surface area contributed by atoms with Crippen LogP contribution < -0.4 is 0 Å². The van der Waals surface area contributed by atoms with Crippen molar-refractivity contribution in [2.45, 2.75) is 19.9 Å². The molecule has 0 radical (unpaired) electrons. The highest BCUT2D eigenvalue weighted by Crippen LogP contribution is 2.25. The van der Waals surface area contributed by atoms with Crippen LogP contribution in [0.3, 0.4) is 0 Å². The van der Waals surface area contributed by atoms with E-state index in [1.165, 1.54) is 12.1 Å². The first-order valence-electron chi connectivity index (χ1n) is 6.54. The van der Waals surface area contributed by atoms with Gasteiger partial charge in [-0.05, 0) is 25.1 Å². The van der Waals surface area contributed by atoms with Crippen molar-refractivity contribution in [2.75, 3.05) is 5.88 Å². The average Bonchev–Trinajstić information content (AvgIpc) is 2.97. The number of halogens is 3. The summed E-state index contributed by atoms with van der Waals surface area (Å²) in [7, 11) is 0. The third kappa shape index (κ3) is 2.78. The number of nitrogens with zero attached hydrogens (tertiary/aromatic N) is 2. The van der Waals surface area contributed by atoms with E-state index in [2.05, 4.69) is 4.98 Å². The van der Waals surface area contributed by atoms with Gasteiger partial charge in [0.2, 0.25) is 0 Å². The van der Waals surface area contributed by atoms with Gasteiger partial charge in [0.15, 0.2) is 0 Å². The van der Waals surface area contributed by atoms with Gasteiger partial charge in [-0.15, -0.1) is 11.6 Å². The van der Waals surface area contributed by atoms with E-state index in [0.29, 0.717) is 29.9 Å². The Morgan fingerprint density at radius 2 is 2.14 bits per heavy atom. The van der Waals surface area contributed by atoms with E-state index in [4.69, 9.17) is 27.6 Å². The SMILES string of the molecule is Cc1ccc(Cn2c(CCCl)nc3cc(Cl)c(F)cc32)o1. The lowest BCUT2D eigenvalue weighted by Gasteiger charge is -2.06. The second-order valence-electron chi connectivity index (χ2n) is 4.82. The van der Waals surface area contributed by atoms with Crippen molar-refractivity contribution in [3.8, 4) is 0 Å². The fourth-order valence-corrected chi connectivity index (χ4v) is 2.67. The Bertz CT molecular complexity index is 794. The molecule has 0 aliphatic rings. The highest BCUT2D eigenvalue weighted by atomic mass is 35.5. The van der Waals surface area contributed by atoms with E-state index >= 15 is 0 Å². The lowest BCUT2D eigenvalue weighted by atomic mass is 10.3. The number of rotatable bonds is 4. The Morgan fingerprint density at radius 3 is 2.81 bits per heavy atom. The number of benzene rings is 1. The Labute approximate surface area is 131 Å².